The lowest BCUT2D eigenvalue weighted by molar-refractivity contribution is -0.385. The molecule has 0 radical (unpaired) electrons. The number of halogens is 2. The summed E-state index contributed by atoms with van der Waals surface area (Å²) in [7, 11) is 0. The predicted octanol–water partition coefficient (Wildman–Crippen LogP) is 3.44. The Morgan fingerprint density at radius 1 is 1.50 bits per heavy atom. The van der Waals surface area contributed by atoms with Crippen molar-refractivity contribution in [2.24, 2.45) is 5.92 Å². The number of ether oxygens (including phenoxy) is 1. The van der Waals surface area contributed by atoms with Gasteiger partial charge in [0, 0.05) is 11.1 Å². The molecular formula is C13H18Cl2N2O3. The lowest BCUT2D eigenvalue weighted by Gasteiger charge is -2.22. The van der Waals surface area contributed by atoms with Crippen molar-refractivity contribution in [3.05, 3.63) is 33.3 Å². The van der Waals surface area contributed by atoms with E-state index in [0.29, 0.717) is 17.5 Å². The summed E-state index contributed by atoms with van der Waals surface area (Å²) in [6.07, 6.45) is 3.29. The molecule has 0 saturated carbocycles. The third-order valence-corrected chi connectivity index (χ3v) is 3.54. The van der Waals surface area contributed by atoms with Gasteiger partial charge in [-0.15, -0.1) is 12.4 Å². The maximum absolute atomic E-state index is 10.9. The Morgan fingerprint density at radius 2 is 2.30 bits per heavy atom. The fraction of sp³-hybridized carbons (Fsp3) is 0.538. The summed E-state index contributed by atoms with van der Waals surface area (Å²) in [5.41, 5.74) is -0.0748. The standard InChI is InChI=1S/C13H17ClN2O3.ClH/c14-11-3-4-13(12(8-11)16(17)18)19-7-5-10-2-1-6-15-9-10;/h3-4,8,10,15H,1-2,5-7,9H2;1H. The largest absolute Gasteiger partial charge is 0.487 e. The van der Waals surface area contributed by atoms with E-state index in [1.807, 2.05) is 0 Å². The van der Waals surface area contributed by atoms with E-state index >= 15 is 0 Å². The van der Waals surface area contributed by atoms with Gasteiger partial charge in [0.15, 0.2) is 5.75 Å². The van der Waals surface area contributed by atoms with Gasteiger partial charge in [-0.1, -0.05) is 11.6 Å². The number of nitrogens with zero attached hydrogens (tertiary/aromatic N) is 1. The van der Waals surface area contributed by atoms with E-state index in [1.54, 1.807) is 12.1 Å². The molecule has 7 heteroatoms. The van der Waals surface area contributed by atoms with Gasteiger partial charge < -0.3 is 10.1 Å². The number of nitro benzene ring substituents is 1. The number of piperidine rings is 1. The van der Waals surface area contributed by atoms with Crippen LogP contribution in [0.3, 0.4) is 0 Å². The average Bonchev–Trinajstić information content (AvgIpc) is 2.41. The molecule has 1 saturated heterocycles. The van der Waals surface area contributed by atoms with Gasteiger partial charge in [0.2, 0.25) is 0 Å². The van der Waals surface area contributed by atoms with Crippen LogP contribution in [0.4, 0.5) is 5.69 Å². The van der Waals surface area contributed by atoms with Crippen LogP contribution in [0.15, 0.2) is 18.2 Å². The highest BCUT2D eigenvalue weighted by atomic mass is 35.5. The fourth-order valence-electron chi connectivity index (χ4n) is 2.26. The number of benzene rings is 1. The Balaban J connectivity index is 0.00000200. The molecular weight excluding hydrogens is 303 g/mol. The van der Waals surface area contributed by atoms with Gasteiger partial charge in [-0.25, -0.2) is 0 Å². The Kier molecular flexibility index (Phi) is 7.05. The molecule has 0 aliphatic carbocycles. The molecule has 1 atom stereocenters. The highest BCUT2D eigenvalue weighted by molar-refractivity contribution is 6.30. The van der Waals surface area contributed by atoms with Crippen molar-refractivity contribution in [2.45, 2.75) is 19.3 Å². The maximum atomic E-state index is 10.9. The minimum atomic E-state index is -0.469. The van der Waals surface area contributed by atoms with Crippen LogP contribution in [0.5, 0.6) is 5.75 Å². The number of hydrogen-bond donors (Lipinski definition) is 1. The van der Waals surface area contributed by atoms with Crippen molar-refractivity contribution in [1.82, 2.24) is 5.32 Å². The van der Waals surface area contributed by atoms with Crippen LogP contribution in [-0.4, -0.2) is 24.6 Å². The average molecular weight is 321 g/mol. The first-order chi connectivity index (χ1) is 9.16. The predicted molar refractivity (Wildman–Crippen MR) is 81.1 cm³/mol. The second kappa shape index (κ2) is 8.29. The van der Waals surface area contributed by atoms with Crippen molar-refractivity contribution >= 4 is 29.7 Å². The molecule has 1 aromatic rings. The monoisotopic (exact) mass is 320 g/mol. The molecule has 1 N–H and O–H groups in total. The van der Waals surface area contributed by atoms with Crippen molar-refractivity contribution < 1.29 is 9.66 Å². The van der Waals surface area contributed by atoms with E-state index < -0.39 is 4.92 Å². The van der Waals surface area contributed by atoms with Crippen LogP contribution in [0.1, 0.15) is 19.3 Å². The van der Waals surface area contributed by atoms with E-state index in [9.17, 15) is 10.1 Å². The van der Waals surface area contributed by atoms with Crippen molar-refractivity contribution in [1.29, 1.82) is 0 Å². The van der Waals surface area contributed by atoms with Gasteiger partial charge in [-0.3, -0.25) is 10.1 Å². The summed E-state index contributed by atoms with van der Waals surface area (Å²) >= 11 is 5.75. The minimum absolute atomic E-state index is 0. The zero-order valence-corrected chi connectivity index (χ0v) is 12.6. The number of nitro groups is 1. The minimum Gasteiger partial charge on any atom is -0.487 e. The quantitative estimate of drug-likeness (QED) is 0.666. The lowest BCUT2D eigenvalue weighted by atomic mass is 9.97. The number of nitrogens with one attached hydrogen (secondary N) is 1. The van der Waals surface area contributed by atoms with E-state index in [0.717, 1.165) is 19.5 Å². The highest BCUT2D eigenvalue weighted by Gasteiger charge is 2.17. The Morgan fingerprint density at radius 3 is 2.95 bits per heavy atom. The van der Waals surface area contributed by atoms with Gasteiger partial charge in [-0.2, -0.15) is 0 Å². The van der Waals surface area contributed by atoms with Crippen LogP contribution in [0.25, 0.3) is 0 Å². The zero-order chi connectivity index (χ0) is 13.7. The molecule has 2 rings (SSSR count). The van der Waals surface area contributed by atoms with Crippen LogP contribution < -0.4 is 10.1 Å². The van der Waals surface area contributed by atoms with Gasteiger partial charge in [-0.05, 0) is 50.4 Å². The summed E-state index contributed by atoms with van der Waals surface area (Å²) in [6, 6.07) is 4.48. The van der Waals surface area contributed by atoms with Crippen LogP contribution >= 0.6 is 24.0 Å². The van der Waals surface area contributed by atoms with E-state index in [2.05, 4.69) is 5.32 Å². The van der Waals surface area contributed by atoms with Crippen molar-refractivity contribution in [3.8, 4) is 5.75 Å². The summed E-state index contributed by atoms with van der Waals surface area (Å²) in [6.45, 7) is 2.58. The first kappa shape index (κ1) is 17.0. The van der Waals surface area contributed by atoms with Crippen LogP contribution in [0, 0.1) is 16.0 Å². The Hall–Kier alpha value is -1.04. The molecule has 0 aromatic heterocycles. The van der Waals surface area contributed by atoms with Gasteiger partial charge >= 0.3 is 5.69 Å². The van der Waals surface area contributed by atoms with E-state index in [1.165, 1.54) is 18.9 Å². The molecule has 5 nitrogen and oxygen atoms in total. The molecule has 1 unspecified atom stereocenters. The molecule has 0 amide bonds. The third-order valence-electron chi connectivity index (χ3n) is 3.30. The molecule has 20 heavy (non-hydrogen) atoms. The second-order valence-electron chi connectivity index (χ2n) is 4.72. The van der Waals surface area contributed by atoms with E-state index in [-0.39, 0.29) is 23.8 Å². The molecule has 1 aromatic carbocycles. The number of hydrogen-bond acceptors (Lipinski definition) is 4. The molecule has 0 spiro atoms. The Labute approximate surface area is 129 Å². The SMILES string of the molecule is Cl.O=[N+]([O-])c1cc(Cl)ccc1OCCC1CCCNC1. The first-order valence-electron chi connectivity index (χ1n) is 6.44. The Bertz CT molecular complexity index is 451. The van der Waals surface area contributed by atoms with Gasteiger partial charge in [0.25, 0.3) is 0 Å². The molecule has 1 aliphatic rings. The number of rotatable bonds is 5. The van der Waals surface area contributed by atoms with Crippen molar-refractivity contribution in [3.63, 3.8) is 0 Å². The summed E-state index contributed by atoms with van der Waals surface area (Å²) in [5.74, 6) is 0.887. The molecule has 1 fully saturated rings. The van der Waals surface area contributed by atoms with Gasteiger partial charge in [0.1, 0.15) is 0 Å². The zero-order valence-electron chi connectivity index (χ0n) is 11.0. The molecule has 1 heterocycles. The smallest absolute Gasteiger partial charge is 0.312 e. The third kappa shape index (κ3) is 4.81. The van der Waals surface area contributed by atoms with Crippen molar-refractivity contribution in [2.75, 3.05) is 19.7 Å². The first-order valence-corrected chi connectivity index (χ1v) is 6.82. The lowest BCUT2D eigenvalue weighted by Crippen LogP contribution is -2.30. The highest BCUT2D eigenvalue weighted by Crippen LogP contribution is 2.30. The van der Waals surface area contributed by atoms with E-state index in [4.69, 9.17) is 16.3 Å². The molecule has 112 valence electrons. The summed E-state index contributed by atoms with van der Waals surface area (Å²) in [5, 5.41) is 14.6. The van der Waals surface area contributed by atoms with Gasteiger partial charge in [0.05, 0.1) is 11.5 Å². The normalized spacial score (nSPS) is 18.1. The molecule has 1 aliphatic heterocycles. The topological polar surface area (TPSA) is 64.4 Å². The maximum Gasteiger partial charge on any atom is 0.312 e. The summed E-state index contributed by atoms with van der Waals surface area (Å²) < 4.78 is 5.53. The van der Waals surface area contributed by atoms with Crippen LogP contribution in [-0.2, 0) is 0 Å². The second-order valence-corrected chi connectivity index (χ2v) is 5.16. The molecule has 0 bridgehead atoms. The fourth-order valence-corrected chi connectivity index (χ4v) is 2.43. The summed E-state index contributed by atoms with van der Waals surface area (Å²) in [4.78, 5) is 10.4. The van der Waals surface area contributed by atoms with Crippen LogP contribution in [0.2, 0.25) is 5.02 Å².